The molecule has 7 heteroatoms. The van der Waals surface area contributed by atoms with Crippen molar-refractivity contribution in [2.75, 3.05) is 18.5 Å². The minimum Gasteiger partial charge on any atom is -0.484 e. The maximum Gasteiger partial charge on any atom is 0.255 e. The third kappa shape index (κ3) is 2.87. The second kappa shape index (κ2) is 6.31. The van der Waals surface area contributed by atoms with E-state index in [0.717, 1.165) is 19.4 Å². The second-order valence-corrected chi connectivity index (χ2v) is 7.37. The van der Waals surface area contributed by atoms with Crippen LogP contribution in [-0.4, -0.2) is 36.7 Å². The number of primary amides is 1. The Bertz CT molecular complexity index is 691. The molecule has 2 fully saturated rings. The van der Waals surface area contributed by atoms with Crippen LogP contribution in [0.2, 0.25) is 0 Å². The van der Waals surface area contributed by atoms with Crippen LogP contribution in [0.3, 0.4) is 0 Å². The van der Waals surface area contributed by atoms with Crippen molar-refractivity contribution in [3.8, 4) is 5.75 Å². The maximum atomic E-state index is 13.0. The maximum absolute atomic E-state index is 13.0. The first-order chi connectivity index (χ1) is 11.8. The van der Waals surface area contributed by atoms with Gasteiger partial charge in [0.2, 0.25) is 5.91 Å². The van der Waals surface area contributed by atoms with E-state index in [-0.39, 0.29) is 24.5 Å². The molecule has 3 rings (SSSR count). The van der Waals surface area contributed by atoms with Gasteiger partial charge >= 0.3 is 0 Å². The highest BCUT2D eigenvalue weighted by atomic mass is 16.5. The van der Waals surface area contributed by atoms with Crippen LogP contribution in [0.15, 0.2) is 24.3 Å². The summed E-state index contributed by atoms with van der Waals surface area (Å²) in [5.41, 5.74) is 10.8. The van der Waals surface area contributed by atoms with Gasteiger partial charge in [-0.15, -0.1) is 0 Å². The van der Waals surface area contributed by atoms with Crippen molar-refractivity contribution in [1.29, 1.82) is 0 Å². The summed E-state index contributed by atoms with van der Waals surface area (Å²) in [7, 11) is 0. The fourth-order valence-electron chi connectivity index (χ4n) is 4.09. The average Bonchev–Trinajstić information content (AvgIpc) is 2.59. The van der Waals surface area contributed by atoms with E-state index in [4.69, 9.17) is 20.9 Å². The van der Waals surface area contributed by atoms with Gasteiger partial charge in [0, 0.05) is 29.7 Å². The second-order valence-electron chi connectivity index (χ2n) is 7.37. The van der Waals surface area contributed by atoms with Crippen LogP contribution in [0.25, 0.3) is 0 Å². The zero-order valence-corrected chi connectivity index (χ0v) is 14.6. The Labute approximate surface area is 147 Å². The Morgan fingerprint density at radius 1 is 1.40 bits per heavy atom. The number of carbonyl (C=O) groups excluding carboxylic acids is 2. The summed E-state index contributed by atoms with van der Waals surface area (Å²) in [6.07, 6.45) is 1.82. The fraction of sp³-hybridized carbons (Fsp3) is 0.556. The summed E-state index contributed by atoms with van der Waals surface area (Å²) in [6, 6.07) is 6.81. The molecule has 1 aliphatic heterocycles. The van der Waals surface area contributed by atoms with Crippen LogP contribution in [0.1, 0.15) is 26.7 Å². The molecular weight excluding hydrogens is 322 g/mol. The normalized spacial score (nSPS) is 29.9. The fourth-order valence-corrected chi connectivity index (χ4v) is 4.09. The van der Waals surface area contributed by atoms with Gasteiger partial charge in [0.1, 0.15) is 11.3 Å². The minimum atomic E-state index is -0.984. The average molecular weight is 347 g/mol. The van der Waals surface area contributed by atoms with Gasteiger partial charge in [0.05, 0.1) is 6.10 Å². The predicted octanol–water partition coefficient (Wildman–Crippen LogP) is 1.02. The van der Waals surface area contributed by atoms with E-state index in [1.807, 2.05) is 13.8 Å². The number of hydrogen-bond acceptors (Lipinski definition) is 5. The molecule has 1 aromatic rings. The quantitative estimate of drug-likeness (QED) is 0.735. The lowest BCUT2D eigenvalue weighted by atomic mass is 9.46. The molecule has 3 unspecified atom stereocenters. The third-order valence-corrected chi connectivity index (χ3v) is 5.53. The number of hydrogen-bond donors (Lipinski definition) is 3. The molecule has 0 spiro atoms. The van der Waals surface area contributed by atoms with E-state index in [9.17, 15) is 9.59 Å². The Kier molecular flexibility index (Phi) is 4.47. The largest absolute Gasteiger partial charge is 0.484 e. The van der Waals surface area contributed by atoms with Gasteiger partial charge in [-0.2, -0.15) is 0 Å². The summed E-state index contributed by atoms with van der Waals surface area (Å²) < 4.78 is 11.1. The molecule has 136 valence electrons. The smallest absolute Gasteiger partial charge is 0.255 e. The van der Waals surface area contributed by atoms with E-state index in [1.165, 1.54) is 0 Å². The topological polar surface area (TPSA) is 117 Å². The number of fused-ring (bicyclic) bond motifs is 1. The molecule has 1 saturated heterocycles. The SMILES string of the molecule is CC1(C)C2OCCCC2C1(N)C(=O)Nc1cccc(OCC(N)=O)c1. The van der Waals surface area contributed by atoms with E-state index in [1.54, 1.807) is 24.3 Å². The molecule has 0 aromatic heterocycles. The molecule has 7 nitrogen and oxygen atoms in total. The van der Waals surface area contributed by atoms with Gasteiger partial charge in [-0.05, 0) is 25.0 Å². The number of benzene rings is 1. The molecule has 0 radical (unpaired) electrons. The lowest BCUT2D eigenvalue weighted by molar-refractivity contribution is -0.222. The molecule has 1 aliphatic carbocycles. The van der Waals surface area contributed by atoms with Crippen LogP contribution in [-0.2, 0) is 14.3 Å². The molecule has 5 N–H and O–H groups in total. The van der Waals surface area contributed by atoms with Crippen LogP contribution in [0.4, 0.5) is 5.69 Å². The highest BCUT2D eigenvalue weighted by Gasteiger charge is 2.70. The number of amides is 2. The molecule has 1 saturated carbocycles. The van der Waals surface area contributed by atoms with Crippen LogP contribution < -0.4 is 21.5 Å². The molecule has 25 heavy (non-hydrogen) atoms. The Morgan fingerprint density at radius 2 is 2.16 bits per heavy atom. The van der Waals surface area contributed by atoms with E-state index in [0.29, 0.717) is 11.4 Å². The summed E-state index contributed by atoms with van der Waals surface area (Å²) in [5, 5.41) is 2.89. The number of carbonyl (C=O) groups is 2. The zero-order chi connectivity index (χ0) is 18.2. The van der Waals surface area contributed by atoms with Crippen molar-refractivity contribution in [2.24, 2.45) is 22.8 Å². The highest BCUT2D eigenvalue weighted by Crippen LogP contribution is 2.57. The minimum absolute atomic E-state index is 0.0160. The van der Waals surface area contributed by atoms with Crippen molar-refractivity contribution in [3.63, 3.8) is 0 Å². The van der Waals surface area contributed by atoms with Crippen molar-refractivity contribution < 1.29 is 19.1 Å². The number of nitrogens with one attached hydrogen (secondary N) is 1. The molecule has 1 aromatic carbocycles. The van der Waals surface area contributed by atoms with E-state index < -0.39 is 16.9 Å². The summed E-state index contributed by atoms with van der Waals surface area (Å²) >= 11 is 0. The molecule has 2 aliphatic rings. The van der Waals surface area contributed by atoms with Crippen LogP contribution in [0.5, 0.6) is 5.75 Å². The van der Waals surface area contributed by atoms with Crippen molar-refractivity contribution in [2.45, 2.75) is 38.3 Å². The molecule has 2 amide bonds. The first kappa shape index (κ1) is 17.7. The predicted molar refractivity (Wildman–Crippen MR) is 92.9 cm³/mol. The Hall–Kier alpha value is -2.12. The number of anilines is 1. The molecule has 1 heterocycles. The van der Waals surface area contributed by atoms with Crippen molar-refractivity contribution in [3.05, 3.63) is 24.3 Å². The Morgan fingerprint density at radius 3 is 2.88 bits per heavy atom. The third-order valence-electron chi connectivity index (χ3n) is 5.53. The van der Waals surface area contributed by atoms with Gasteiger partial charge in [-0.1, -0.05) is 19.9 Å². The molecular formula is C18H25N3O4. The Balaban J connectivity index is 1.73. The first-order valence-corrected chi connectivity index (χ1v) is 8.50. The van der Waals surface area contributed by atoms with Crippen LogP contribution in [0, 0.1) is 11.3 Å². The summed E-state index contributed by atoms with van der Waals surface area (Å²) in [5.74, 6) is -0.314. The number of ether oxygens (including phenoxy) is 2. The molecule has 3 atom stereocenters. The van der Waals surface area contributed by atoms with Crippen LogP contribution >= 0.6 is 0 Å². The monoisotopic (exact) mass is 347 g/mol. The lowest BCUT2D eigenvalue weighted by Crippen LogP contribution is -2.81. The summed E-state index contributed by atoms with van der Waals surface area (Å²) in [4.78, 5) is 23.8. The van der Waals surface area contributed by atoms with E-state index >= 15 is 0 Å². The number of rotatable bonds is 5. The number of nitrogens with two attached hydrogens (primary N) is 2. The zero-order valence-electron chi connectivity index (χ0n) is 14.6. The highest BCUT2D eigenvalue weighted by molar-refractivity contribution is 6.00. The van der Waals surface area contributed by atoms with Crippen molar-refractivity contribution >= 4 is 17.5 Å². The van der Waals surface area contributed by atoms with Gasteiger partial charge < -0.3 is 26.3 Å². The van der Waals surface area contributed by atoms with Gasteiger partial charge in [0.25, 0.3) is 5.91 Å². The van der Waals surface area contributed by atoms with Gasteiger partial charge in [-0.3, -0.25) is 9.59 Å². The van der Waals surface area contributed by atoms with E-state index in [2.05, 4.69) is 5.32 Å². The first-order valence-electron chi connectivity index (χ1n) is 8.50. The standard InChI is InChI=1S/C18H25N3O4/c1-17(2)15-13(7-4-8-24-15)18(17,20)16(23)21-11-5-3-6-12(9-11)25-10-14(19)22/h3,5-6,9,13,15H,4,7-8,10,20H2,1-2H3,(H2,19,22)(H,21,23). The van der Waals surface area contributed by atoms with Gasteiger partial charge in [0.15, 0.2) is 6.61 Å². The summed E-state index contributed by atoms with van der Waals surface area (Å²) in [6.45, 7) is 4.46. The van der Waals surface area contributed by atoms with Gasteiger partial charge in [-0.25, -0.2) is 0 Å². The lowest BCUT2D eigenvalue weighted by Gasteiger charge is -2.65. The molecule has 0 bridgehead atoms. The van der Waals surface area contributed by atoms with Crippen molar-refractivity contribution in [1.82, 2.24) is 0 Å².